The van der Waals surface area contributed by atoms with Gasteiger partial charge in [-0.1, -0.05) is 17.3 Å². The lowest BCUT2D eigenvalue weighted by molar-refractivity contribution is 0.251. The molecule has 1 unspecified atom stereocenters. The molecule has 0 spiro atoms. The second kappa shape index (κ2) is 6.85. The first-order valence-electron chi connectivity index (χ1n) is 6.69. The van der Waals surface area contributed by atoms with Crippen LogP contribution >= 0.6 is 0 Å². The number of urea groups is 1. The first-order chi connectivity index (χ1) is 10.1. The van der Waals surface area contributed by atoms with E-state index < -0.39 is 0 Å². The van der Waals surface area contributed by atoms with Gasteiger partial charge in [0.05, 0.1) is 6.54 Å². The molecule has 7 heteroatoms. The Bertz CT molecular complexity index is 611. The SMILES string of the molecule is CNC(C)c1cccc(NC(=O)NCc2noc(C)n2)c1. The fourth-order valence-corrected chi connectivity index (χ4v) is 1.80. The zero-order chi connectivity index (χ0) is 15.2. The molecule has 0 fully saturated rings. The number of aryl methyl sites for hydroxylation is 1. The Labute approximate surface area is 123 Å². The Morgan fingerprint density at radius 3 is 2.90 bits per heavy atom. The van der Waals surface area contributed by atoms with Gasteiger partial charge in [-0.15, -0.1) is 0 Å². The van der Waals surface area contributed by atoms with E-state index in [0.29, 0.717) is 11.7 Å². The summed E-state index contributed by atoms with van der Waals surface area (Å²) in [4.78, 5) is 15.8. The van der Waals surface area contributed by atoms with E-state index in [9.17, 15) is 4.79 Å². The maximum absolute atomic E-state index is 11.8. The van der Waals surface area contributed by atoms with Crippen molar-refractivity contribution in [1.29, 1.82) is 0 Å². The van der Waals surface area contributed by atoms with Gasteiger partial charge in [0.15, 0.2) is 5.82 Å². The predicted octanol–water partition coefficient (Wildman–Crippen LogP) is 1.98. The second-order valence-corrected chi connectivity index (χ2v) is 4.67. The molecule has 0 bridgehead atoms. The van der Waals surface area contributed by atoms with E-state index in [1.165, 1.54) is 0 Å². The molecule has 1 heterocycles. The van der Waals surface area contributed by atoms with Crippen molar-refractivity contribution in [3.63, 3.8) is 0 Å². The number of carbonyl (C=O) groups is 1. The summed E-state index contributed by atoms with van der Waals surface area (Å²) in [5.41, 5.74) is 1.83. The highest BCUT2D eigenvalue weighted by molar-refractivity contribution is 5.89. The van der Waals surface area contributed by atoms with Crippen LogP contribution in [0, 0.1) is 6.92 Å². The van der Waals surface area contributed by atoms with E-state index >= 15 is 0 Å². The molecule has 3 N–H and O–H groups in total. The number of hydrogen-bond donors (Lipinski definition) is 3. The van der Waals surface area contributed by atoms with Gasteiger partial charge in [0.2, 0.25) is 5.89 Å². The molecule has 7 nitrogen and oxygen atoms in total. The number of carbonyl (C=O) groups excluding carboxylic acids is 1. The molecule has 2 amide bonds. The van der Waals surface area contributed by atoms with Gasteiger partial charge < -0.3 is 20.5 Å². The van der Waals surface area contributed by atoms with E-state index in [-0.39, 0.29) is 18.6 Å². The van der Waals surface area contributed by atoms with Gasteiger partial charge in [-0.05, 0) is 31.7 Å². The first-order valence-corrected chi connectivity index (χ1v) is 6.69. The van der Waals surface area contributed by atoms with Crippen molar-refractivity contribution in [1.82, 2.24) is 20.8 Å². The monoisotopic (exact) mass is 289 g/mol. The van der Waals surface area contributed by atoms with Crippen molar-refractivity contribution >= 4 is 11.7 Å². The van der Waals surface area contributed by atoms with Gasteiger partial charge in [0.1, 0.15) is 0 Å². The summed E-state index contributed by atoms with van der Waals surface area (Å²) in [6, 6.07) is 7.58. The summed E-state index contributed by atoms with van der Waals surface area (Å²) in [7, 11) is 1.89. The van der Waals surface area contributed by atoms with E-state index in [4.69, 9.17) is 4.52 Å². The number of nitrogens with one attached hydrogen (secondary N) is 3. The zero-order valence-electron chi connectivity index (χ0n) is 12.3. The van der Waals surface area contributed by atoms with Crippen LogP contribution in [0.3, 0.4) is 0 Å². The number of anilines is 1. The largest absolute Gasteiger partial charge is 0.340 e. The Hall–Kier alpha value is -2.41. The number of aromatic nitrogens is 2. The fourth-order valence-electron chi connectivity index (χ4n) is 1.80. The molecule has 0 aliphatic rings. The third-order valence-corrected chi connectivity index (χ3v) is 3.05. The number of amides is 2. The first kappa shape index (κ1) is 15.0. The van der Waals surface area contributed by atoms with Crippen LogP contribution in [0.2, 0.25) is 0 Å². The molecule has 0 radical (unpaired) electrons. The van der Waals surface area contributed by atoms with Crippen molar-refractivity contribution < 1.29 is 9.32 Å². The quantitative estimate of drug-likeness (QED) is 0.782. The smallest absolute Gasteiger partial charge is 0.319 e. The Morgan fingerprint density at radius 1 is 1.43 bits per heavy atom. The average molecular weight is 289 g/mol. The molecular weight excluding hydrogens is 270 g/mol. The standard InChI is InChI=1S/C14H19N5O2/c1-9(15-3)11-5-4-6-12(7-11)18-14(20)16-8-13-17-10(2)21-19-13/h4-7,9,15H,8H2,1-3H3,(H2,16,18,20). The van der Waals surface area contributed by atoms with E-state index in [1.807, 2.05) is 31.3 Å². The van der Waals surface area contributed by atoms with Crippen LogP contribution in [0.1, 0.15) is 30.2 Å². The highest BCUT2D eigenvalue weighted by Crippen LogP contribution is 2.16. The summed E-state index contributed by atoms with van der Waals surface area (Å²) in [5, 5.41) is 12.3. The maximum atomic E-state index is 11.8. The minimum Gasteiger partial charge on any atom is -0.340 e. The maximum Gasteiger partial charge on any atom is 0.319 e. The van der Waals surface area contributed by atoms with Crippen LogP contribution in [0.15, 0.2) is 28.8 Å². The molecule has 0 saturated carbocycles. The third-order valence-electron chi connectivity index (χ3n) is 3.05. The van der Waals surface area contributed by atoms with E-state index in [1.54, 1.807) is 6.92 Å². The van der Waals surface area contributed by atoms with Gasteiger partial charge >= 0.3 is 6.03 Å². The lowest BCUT2D eigenvalue weighted by Crippen LogP contribution is -2.28. The van der Waals surface area contributed by atoms with Crippen molar-refractivity contribution in [2.45, 2.75) is 26.4 Å². The average Bonchev–Trinajstić information content (AvgIpc) is 2.90. The minimum atomic E-state index is -0.313. The number of rotatable bonds is 5. The molecule has 112 valence electrons. The van der Waals surface area contributed by atoms with Crippen LogP contribution in [0.4, 0.5) is 10.5 Å². The minimum absolute atomic E-state index is 0.218. The molecule has 0 aliphatic carbocycles. The molecule has 0 saturated heterocycles. The summed E-state index contributed by atoms with van der Waals surface area (Å²) >= 11 is 0. The summed E-state index contributed by atoms with van der Waals surface area (Å²) in [6.07, 6.45) is 0. The normalized spacial score (nSPS) is 12.0. The van der Waals surface area contributed by atoms with Crippen LogP contribution in [-0.4, -0.2) is 23.2 Å². The lowest BCUT2D eigenvalue weighted by Gasteiger charge is -2.12. The second-order valence-electron chi connectivity index (χ2n) is 4.67. The number of benzene rings is 1. The van der Waals surface area contributed by atoms with Crippen molar-refractivity contribution in [2.75, 3.05) is 12.4 Å². The van der Waals surface area contributed by atoms with Crippen LogP contribution in [-0.2, 0) is 6.54 Å². The van der Waals surface area contributed by atoms with Crippen molar-refractivity contribution in [3.05, 3.63) is 41.5 Å². The Morgan fingerprint density at radius 2 is 2.24 bits per heavy atom. The van der Waals surface area contributed by atoms with Gasteiger partial charge in [-0.3, -0.25) is 0 Å². The molecule has 1 atom stereocenters. The van der Waals surface area contributed by atoms with Gasteiger partial charge in [-0.2, -0.15) is 4.98 Å². The van der Waals surface area contributed by atoms with Gasteiger partial charge in [-0.25, -0.2) is 4.79 Å². The number of nitrogens with zero attached hydrogens (tertiary/aromatic N) is 2. The van der Waals surface area contributed by atoms with E-state index in [0.717, 1.165) is 11.3 Å². The van der Waals surface area contributed by atoms with E-state index in [2.05, 4.69) is 33.0 Å². The molecule has 1 aromatic heterocycles. The Balaban J connectivity index is 1.90. The number of hydrogen-bond acceptors (Lipinski definition) is 5. The fraction of sp³-hybridized carbons (Fsp3) is 0.357. The highest BCUT2D eigenvalue weighted by Gasteiger charge is 2.07. The van der Waals surface area contributed by atoms with Crippen molar-refractivity contribution in [2.24, 2.45) is 0 Å². The summed E-state index contributed by atoms with van der Waals surface area (Å²) < 4.78 is 4.83. The summed E-state index contributed by atoms with van der Waals surface area (Å²) in [5.74, 6) is 0.918. The van der Waals surface area contributed by atoms with Gasteiger partial charge in [0, 0.05) is 18.7 Å². The molecule has 21 heavy (non-hydrogen) atoms. The highest BCUT2D eigenvalue weighted by atomic mass is 16.5. The topological polar surface area (TPSA) is 92.1 Å². The molecule has 1 aromatic carbocycles. The zero-order valence-corrected chi connectivity index (χ0v) is 12.3. The van der Waals surface area contributed by atoms with Crippen molar-refractivity contribution in [3.8, 4) is 0 Å². The molecule has 2 aromatic rings. The molecule has 0 aliphatic heterocycles. The molecular formula is C14H19N5O2. The summed E-state index contributed by atoms with van der Waals surface area (Å²) in [6.45, 7) is 3.97. The van der Waals surface area contributed by atoms with Crippen LogP contribution in [0.5, 0.6) is 0 Å². The van der Waals surface area contributed by atoms with Crippen LogP contribution < -0.4 is 16.0 Å². The Kier molecular flexibility index (Phi) is 4.89. The lowest BCUT2D eigenvalue weighted by atomic mass is 10.1. The molecule has 2 rings (SSSR count). The van der Waals surface area contributed by atoms with Crippen LogP contribution in [0.25, 0.3) is 0 Å². The third kappa shape index (κ3) is 4.28. The van der Waals surface area contributed by atoms with Gasteiger partial charge in [0.25, 0.3) is 0 Å². The predicted molar refractivity (Wildman–Crippen MR) is 78.8 cm³/mol.